The van der Waals surface area contributed by atoms with Crippen LogP contribution in [0.5, 0.6) is 0 Å². The van der Waals surface area contributed by atoms with E-state index in [1.165, 1.54) is 0 Å². The Morgan fingerprint density at radius 1 is 1.60 bits per heavy atom. The molecular formula is C8H7ClO. The van der Waals surface area contributed by atoms with Crippen LogP contribution in [0.25, 0.3) is 0 Å². The Morgan fingerprint density at radius 3 is 3.10 bits per heavy atom. The second-order valence-corrected chi connectivity index (χ2v) is 3.13. The molecule has 0 aromatic heterocycles. The number of carbonyl (C=O) groups excluding carboxylic acids is 1. The highest BCUT2D eigenvalue weighted by Crippen LogP contribution is 2.39. The van der Waals surface area contributed by atoms with Crippen molar-refractivity contribution < 1.29 is 4.79 Å². The number of allylic oxidation sites excluding steroid dienone is 4. The van der Waals surface area contributed by atoms with Gasteiger partial charge in [-0.15, -0.1) is 11.6 Å². The van der Waals surface area contributed by atoms with Gasteiger partial charge in [0.2, 0.25) is 0 Å². The molecule has 2 atom stereocenters. The smallest absolute Gasteiger partial charge is 0.177 e. The van der Waals surface area contributed by atoms with Gasteiger partial charge in [-0.3, -0.25) is 4.79 Å². The van der Waals surface area contributed by atoms with Gasteiger partial charge in [0.25, 0.3) is 0 Å². The van der Waals surface area contributed by atoms with E-state index in [0.717, 1.165) is 12.0 Å². The van der Waals surface area contributed by atoms with Crippen LogP contribution in [0.3, 0.4) is 0 Å². The molecule has 2 unspecified atom stereocenters. The summed E-state index contributed by atoms with van der Waals surface area (Å²) < 4.78 is 0. The minimum atomic E-state index is -0.240. The molecule has 0 saturated heterocycles. The van der Waals surface area contributed by atoms with E-state index in [-0.39, 0.29) is 11.2 Å². The van der Waals surface area contributed by atoms with Crippen LogP contribution in [0.2, 0.25) is 0 Å². The van der Waals surface area contributed by atoms with Crippen molar-refractivity contribution >= 4 is 17.4 Å². The first-order valence-corrected chi connectivity index (χ1v) is 3.79. The summed E-state index contributed by atoms with van der Waals surface area (Å²) in [5, 5.41) is -0.240. The summed E-state index contributed by atoms with van der Waals surface area (Å²) in [6.07, 6.45) is 6.78. The van der Waals surface area contributed by atoms with Crippen LogP contribution in [0, 0.1) is 5.92 Å². The van der Waals surface area contributed by atoms with Crippen LogP contribution in [0.1, 0.15) is 6.42 Å². The van der Waals surface area contributed by atoms with E-state index in [1.807, 2.05) is 12.2 Å². The Morgan fingerprint density at radius 2 is 2.40 bits per heavy atom. The summed E-state index contributed by atoms with van der Waals surface area (Å²) in [5.41, 5.74) is 0.919. The lowest BCUT2D eigenvalue weighted by molar-refractivity contribution is -0.120. The molecule has 52 valence electrons. The quantitative estimate of drug-likeness (QED) is 0.486. The number of carbonyl (C=O) groups is 1. The van der Waals surface area contributed by atoms with Gasteiger partial charge >= 0.3 is 0 Å². The number of rotatable bonds is 0. The number of halogens is 1. The van der Waals surface area contributed by atoms with Gasteiger partial charge in [-0.05, 0) is 6.42 Å². The topological polar surface area (TPSA) is 17.1 Å². The van der Waals surface area contributed by atoms with Gasteiger partial charge in [-0.1, -0.05) is 18.2 Å². The van der Waals surface area contributed by atoms with Crippen LogP contribution in [0.4, 0.5) is 0 Å². The Labute approximate surface area is 64.4 Å². The Hall–Kier alpha value is -0.560. The van der Waals surface area contributed by atoms with Gasteiger partial charge in [0, 0.05) is 11.5 Å². The molecule has 0 radical (unpaired) electrons. The first-order valence-electron chi connectivity index (χ1n) is 3.35. The van der Waals surface area contributed by atoms with Crippen molar-refractivity contribution in [1.29, 1.82) is 0 Å². The summed E-state index contributed by atoms with van der Waals surface area (Å²) in [6, 6.07) is 0. The predicted octanol–water partition coefficient (Wildman–Crippen LogP) is 1.68. The van der Waals surface area contributed by atoms with Crippen molar-refractivity contribution in [2.75, 3.05) is 0 Å². The fourth-order valence-corrected chi connectivity index (χ4v) is 1.80. The molecule has 10 heavy (non-hydrogen) atoms. The number of Topliss-reactive ketones (excluding diaryl/α,β-unsaturated/α-hetero) is 1. The second-order valence-electron chi connectivity index (χ2n) is 2.66. The number of fused-ring (bicyclic) bond motifs is 1. The molecule has 0 aliphatic heterocycles. The van der Waals surface area contributed by atoms with E-state index in [1.54, 1.807) is 0 Å². The van der Waals surface area contributed by atoms with E-state index >= 15 is 0 Å². The lowest BCUT2D eigenvalue weighted by atomic mass is 9.73. The summed E-state index contributed by atoms with van der Waals surface area (Å²) >= 11 is 5.75. The number of alkyl halides is 1. The molecule has 0 N–H and O–H groups in total. The first kappa shape index (κ1) is 6.17. The highest BCUT2D eigenvalue weighted by Gasteiger charge is 2.43. The molecular weight excluding hydrogens is 148 g/mol. The summed E-state index contributed by atoms with van der Waals surface area (Å²) in [7, 11) is 0. The molecule has 2 aliphatic rings. The molecule has 0 aromatic carbocycles. The van der Waals surface area contributed by atoms with Crippen LogP contribution in [0.15, 0.2) is 23.8 Å². The third-order valence-electron chi connectivity index (χ3n) is 2.09. The van der Waals surface area contributed by atoms with Gasteiger partial charge < -0.3 is 0 Å². The van der Waals surface area contributed by atoms with Crippen molar-refractivity contribution in [3.05, 3.63) is 23.8 Å². The highest BCUT2D eigenvalue weighted by atomic mass is 35.5. The maximum absolute atomic E-state index is 11.0. The first-order chi connectivity index (χ1) is 4.80. The monoisotopic (exact) mass is 154 g/mol. The van der Waals surface area contributed by atoms with Gasteiger partial charge in [-0.2, -0.15) is 0 Å². The maximum atomic E-state index is 11.0. The largest absolute Gasteiger partial charge is 0.293 e. The van der Waals surface area contributed by atoms with Crippen LogP contribution >= 0.6 is 11.6 Å². The molecule has 0 spiro atoms. The molecule has 1 fully saturated rings. The Kier molecular flexibility index (Phi) is 1.21. The lowest BCUT2D eigenvalue weighted by Gasteiger charge is -2.34. The molecule has 2 rings (SSSR count). The van der Waals surface area contributed by atoms with E-state index in [2.05, 4.69) is 6.08 Å². The minimum Gasteiger partial charge on any atom is -0.293 e. The Balaban J connectivity index is 2.30. The van der Waals surface area contributed by atoms with Crippen LogP contribution in [-0.4, -0.2) is 11.2 Å². The zero-order chi connectivity index (χ0) is 7.14. The molecule has 2 aliphatic carbocycles. The summed E-state index contributed by atoms with van der Waals surface area (Å²) in [6.45, 7) is 0. The van der Waals surface area contributed by atoms with Gasteiger partial charge in [-0.25, -0.2) is 0 Å². The lowest BCUT2D eigenvalue weighted by Crippen LogP contribution is -2.41. The van der Waals surface area contributed by atoms with E-state index in [0.29, 0.717) is 5.92 Å². The van der Waals surface area contributed by atoms with Crippen LogP contribution in [-0.2, 0) is 4.79 Å². The number of hydrogen-bond acceptors (Lipinski definition) is 1. The van der Waals surface area contributed by atoms with E-state index in [4.69, 9.17) is 11.6 Å². The maximum Gasteiger partial charge on any atom is 0.177 e. The van der Waals surface area contributed by atoms with Gasteiger partial charge in [0.15, 0.2) is 5.78 Å². The normalized spacial score (nSPS) is 36.5. The van der Waals surface area contributed by atoms with E-state index < -0.39 is 0 Å². The van der Waals surface area contributed by atoms with E-state index in [9.17, 15) is 4.79 Å². The molecule has 1 saturated carbocycles. The summed E-state index contributed by atoms with van der Waals surface area (Å²) in [5.74, 6) is 0.440. The number of hydrogen-bond donors (Lipinski definition) is 0. The van der Waals surface area contributed by atoms with Crippen molar-refractivity contribution in [2.45, 2.75) is 11.8 Å². The fraction of sp³-hybridized carbons (Fsp3) is 0.375. The average molecular weight is 155 g/mol. The third kappa shape index (κ3) is 0.613. The van der Waals surface area contributed by atoms with Crippen molar-refractivity contribution in [3.8, 4) is 0 Å². The summed E-state index contributed by atoms with van der Waals surface area (Å²) in [4.78, 5) is 11.0. The second kappa shape index (κ2) is 1.96. The average Bonchev–Trinajstić information content (AvgIpc) is 2.03. The molecule has 0 amide bonds. The zero-order valence-corrected chi connectivity index (χ0v) is 6.14. The van der Waals surface area contributed by atoms with Crippen LogP contribution < -0.4 is 0 Å². The number of ketones is 1. The van der Waals surface area contributed by atoms with Crippen molar-refractivity contribution in [3.63, 3.8) is 0 Å². The van der Waals surface area contributed by atoms with Crippen molar-refractivity contribution in [2.24, 2.45) is 5.92 Å². The third-order valence-corrected chi connectivity index (χ3v) is 2.59. The molecule has 1 nitrogen and oxygen atoms in total. The Bertz CT molecular complexity index is 240. The predicted molar refractivity (Wildman–Crippen MR) is 40.0 cm³/mol. The molecule has 0 bridgehead atoms. The highest BCUT2D eigenvalue weighted by molar-refractivity contribution is 6.38. The molecule has 0 aromatic rings. The van der Waals surface area contributed by atoms with Crippen molar-refractivity contribution in [1.82, 2.24) is 0 Å². The standard InChI is InChI=1S/C8H7ClO/c9-7-5-3-1-2-4-6(5)8(7)10/h1-2,4-5,7H,3H2. The molecule has 2 heteroatoms. The zero-order valence-electron chi connectivity index (χ0n) is 5.38. The van der Waals surface area contributed by atoms with Gasteiger partial charge in [0.05, 0.1) is 0 Å². The fourth-order valence-electron chi connectivity index (χ4n) is 1.44. The SMILES string of the molecule is O=C1C2=CC=CCC2C1Cl. The van der Waals surface area contributed by atoms with Gasteiger partial charge in [0.1, 0.15) is 5.38 Å². The molecule has 0 heterocycles. The minimum absolute atomic E-state index is 0.121.